The Labute approximate surface area is 152 Å². The van der Waals surface area contributed by atoms with Crippen molar-refractivity contribution in [1.82, 2.24) is 0 Å². The first kappa shape index (κ1) is 22.6. The lowest BCUT2D eigenvalue weighted by molar-refractivity contribution is -0.131. The predicted octanol–water partition coefficient (Wildman–Crippen LogP) is 5.92. The van der Waals surface area contributed by atoms with Gasteiger partial charge in [0.15, 0.2) is 5.78 Å². The summed E-state index contributed by atoms with van der Waals surface area (Å²) in [6, 6.07) is 15.3. The molecule has 0 N–H and O–H groups in total. The fraction of sp³-hybridized carbons (Fsp3) is 0.364. The standard InChI is InChI=1S/C12H14O3.C8H10.C2H6/c1-3-6-11(14)10-7-4-5-8-12(10)15-9(2)13;1-7-3-5-8(2)6-4-7;1-2/h4-5,7-8H,3,6H2,1-2H3;3-6H,1-2H3;1-2H3. The minimum absolute atomic E-state index is 0.00866. The molecule has 0 unspecified atom stereocenters. The van der Waals surface area contributed by atoms with E-state index in [0.717, 1.165) is 6.42 Å². The smallest absolute Gasteiger partial charge is 0.308 e. The van der Waals surface area contributed by atoms with Crippen molar-refractivity contribution in [2.75, 3.05) is 0 Å². The van der Waals surface area contributed by atoms with Gasteiger partial charge in [0, 0.05) is 13.3 Å². The summed E-state index contributed by atoms with van der Waals surface area (Å²) in [4.78, 5) is 22.5. The van der Waals surface area contributed by atoms with E-state index in [9.17, 15) is 9.59 Å². The normalized spacial score (nSPS) is 9.04. The van der Waals surface area contributed by atoms with Crippen molar-refractivity contribution in [1.29, 1.82) is 0 Å². The van der Waals surface area contributed by atoms with Crippen LogP contribution >= 0.6 is 0 Å². The van der Waals surface area contributed by atoms with Crippen LogP contribution in [-0.2, 0) is 4.79 Å². The van der Waals surface area contributed by atoms with E-state index in [-0.39, 0.29) is 5.78 Å². The third-order valence-electron chi connectivity index (χ3n) is 3.14. The first-order chi connectivity index (χ1) is 11.9. The molecule has 0 saturated carbocycles. The van der Waals surface area contributed by atoms with Gasteiger partial charge in [0.25, 0.3) is 0 Å². The summed E-state index contributed by atoms with van der Waals surface area (Å²) in [5, 5.41) is 0. The Balaban J connectivity index is 0.000000483. The van der Waals surface area contributed by atoms with Crippen molar-refractivity contribution in [3.63, 3.8) is 0 Å². The van der Waals surface area contributed by atoms with E-state index in [2.05, 4.69) is 38.1 Å². The Bertz CT molecular complexity index is 622. The molecule has 0 radical (unpaired) electrons. The highest BCUT2D eigenvalue weighted by Crippen LogP contribution is 2.20. The summed E-state index contributed by atoms with van der Waals surface area (Å²) in [5.41, 5.74) is 3.14. The van der Waals surface area contributed by atoms with E-state index < -0.39 is 5.97 Å². The zero-order valence-corrected chi connectivity index (χ0v) is 16.3. The Morgan fingerprint density at radius 2 is 1.36 bits per heavy atom. The minimum Gasteiger partial charge on any atom is -0.426 e. The van der Waals surface area contributed by atoms with E-state index in [0.29, 0.717) is 17.7 Å². The molecule has 0 aromatic heterocycles. The molecular formula is C22H30O3. The van der Waals surface area contributed by atoms with Crippen molar-refractivity contribution in [2.24, 2.45) is 0 Å². The molecule has 0 fully saturated rings. The van der Waals surface area contributed by atoms with Crippen LogP contribution in [-0.4, -0.2) is 11.8 Å². The number of carbonyl (C=O) groups excluding carboxylic acids is 2. The molecule has 0 aliphatic rings. The molecule has 0 saturated heterocycles. The SMILES string of the molecule is CC.CCCC(=O)c1ccccc1OC(C)=O.Cc1ccc(C)cc1. The molecular weight excluding hydrogens is 312 g/mol. The summed E-state index contributed by atoms with van der Waals surface area (Å²) >= 11 is 0. The number of ether oxygens (including phenoxy) is 1. The molecule has 2 rings (SSSR count). The quantitative estimate of drug-likeness (QED) is 0.393. The maximum absolute atomic E-state index is 11.7. The second-order valence-corrected chi connectivity index (χ2v) is 5.42. The minimum atomic E-state index is -0.410. The number of carbonyl (C=O) groups is 2. The van der Waals surface area contributed by atoms with Gasteiger partial charge in [-0.1, -0.05) is 68.3 Å². The number of rotatable bonds is 4. The molecule has 0 spiro atoms. The van der Waals surface area contributed by atoms with Crippen LogP contribution in [0.5, 0.6) is 5.75 Å². The highest BCUT2D eigenvalue weighted by Gasteiger charge is 2.11. The lowest BCUT2D eigenvalue weighted by atomic mass is 10.1. The molecule has 3 nitrogen and oxygen atoms in total. The van der Waals surface area contributed by atoms with E-state index in [4.69, 9.17) is 4.74 Å². The maximum atomic E-state index is 11.7. The number of Topliss-reactive ketones (excluding diaryl/α,β-unsaturated/α-hetero) is 1. The summed E-state index contributed by atoms with van der Waals surface area (Å²) in [6.45, 7) is 11.5. The van der Waals surface area contributed by atoms with Crippen molar-refractivity contribution >= 4 is 11.8 Å². The number of para-hydroxylation sites is 1. The molecule has 0 aliphatic heterocycles. The predicted molar refractivity (Wildman–Crippen MR) is 104 cm³/mol. The zero-order valence-electron chi connectivity index (χ0n) is 16.3. The molecule has 0 aliphatic carbocycles. The van der Waals surface area contributed by atoms with Gasteiger partial charge in [-0.15, -0.1) is 0 Å². The average molecular weight is 342 g/mol. The fourth-order valence-electron chi connectivity index (χ4n) is 1.94. The largest absolute Gasteiger partial charge is 0.426 e. The fourth-order valence-corrected chi connectivity index (χ4v) is 1.94. The highest BCUT2D eigenvalue weighted by molar-refractivity contribution is 5.99. The third kappa shape index (κ3) is 9.46. The van der Waals surface area contributed by atoms with Gasteiger partial charge in [0.05, 0.1) is 5.56 Å². The van der Waals surface area contributed by atoms with Gasteiger partial charge < -0.3 is 4.74 Å². The summed E-state index contributed by atoms with van der Waals surface area (Å²) < 4.78 is 4.95. The van der Waals surface area contributed by atoms with E-state index in [1.54, 1.807) is 24.3 Å². The van der Waals surface area contributed by atoms with Crippen molar-refractivity contribution in [3.05, 3.63) is 65.2 Å². The zero-order chi connectivity index (χ0) is 19.2. The Hall–Kier alpha value is -2.42. The number of aryl methyl sites for hydroxylation is 2. The Morgan fingerprint density at radius 3 is 1.80 bits per heavy atom. The van der Waals surface area contributed by atoms with Gasteiger partial charge in [-0.25, -0.2) is 0 Å². The lowest BCUT2D eigenvalue weighted by Gasteiger charge is -2.06. The molecule has 0 atom stereocenters. The van der Waals surface area contributed by atoms with Crippen LogP contribution in [0.25, 0.3) is 0 Å². The van der Waals surface area contributed by atoms with E-state index >= 15 is 0 Å². The number of hydrogen-bond acceptors (Lipinski definition) is 3. The summed E-state index contributed by atoms with van der Waals surface area (Å²) in [6.07, 6.45) is 1.26. The third-order valence-corrected chi connectivity index (χ3v) is 3.14. The second-order valence-electron chi connectivity index (χ2n) is 5.42. The highest BCUT2D eigenvalue weighted by atomic mass is 16.5. The molecule has 0 amide bonds. The first-order valence-corrected chi connectivity index (χ1v) is 8.78. The van der Waals surface area contributed by atoms with Crippen LogP contribution in [0.15, 0.2) is 48.5 Å². The molecule has 0 bridgehead atoms. The molecule has 2 aromatic rings. The van der Waals surface area contributed by atoms with Gasteiger partial charge in [0.1, 0.15) is 5.75 Å². The van der Waals surface area contributed by atoms with Crippen molar-refractivity contribution < 1.29 is 14.3 Å². The second kappa shape index (κ2) is 12.9. The van der Waals surface area contributed by atoms with Gasteiger partial charge in [-0.05, 0) is 32.4 Å². The molecule has 136 valence electrons. The first-order valence-electron chi connectivity index (χ1n) is 8.78. The molecule has 2 aromatic carbocycles. The lowest BCUT2D eigenvalue weighted by Crippen LogP contribution is -2.07. The van der Waals surface area contributed by atoms with Crippen LogP contribution in [0, 0.1) is 13.8 Å². The molecule has 3 heteroatoms. The Morgan fingerprint density at radius 1 is 0.880 bits per heavy atom. The van der Waals surface area contributed by atoms with Crippen LogP contribution in [0.1, 0.15) is 62.0 Å². The maximum Gasteiger partial charge on any atom is 0.308 e. The monoisotopic (exact) mass is 342 g/mol. The van der Waals surface area contributed by atoms with Crippen molar-refractivity contribution in [3.8, 4) is 5.75 Å². The van der Waals surface area contributed by atoms with Crippen LogP contribution in [0.3, 0.4) is 0 Å². The average Bonchev–Trinajstić information content (AvgIpc) is 2.60. The van der Waals surface area contributed by atoms with E-state index in [1.807, 2.05) is 20.8 Å². The number of ketones is 1. The van der Waals surface area contributed by atoms with Crippen LogP contribution in [0.2, 0.25) is 0 Å². The van der Waals surface area contributed by atoms with E-state index in [1.165, 1.54) is 18.1 Å². The van der Waals surface area contributed by atoms with Gasteiger partial charge in [-0.2, -0.15) is 0 Å². The number of hydrogen-bond donors (Lipinski definition) is 0. The topological polar surface area (TPSA) is 43.4 Å². The summed E-state index contributed by atoms with van der Waals surface area (Å²) in [7, 11) is 0. The van der Waals surface area contributed by atoms with Crippen LogP contribution < -0.4 is 4.74 Å². The summed E-state index contributed by atoms with van der Waals surface area (Å²) in [5.74, 6) is -0.0513. The van der Waals surface area contributed by atoms with Crippen molar-refractivity contribution in [2.45, 2.75) is 54.4 Å². The Kier molecular flexibility index (Phi) is 11.7. The van der Waals surface area contributed by atoms with Crippen LogP contribution in [0.4, 0.5) is 0 Å². The van der Waals surface area contributed by atoms with Gasteiger partial charge >= 0.3 is 5.97 Å². The van der Waals surface area contributed by atoms with Gasteiger partial charge in [0.2, 0.25) is 0 Å². The molecule has 25 heavy (non-hydrogen) atoms. The van der Waals surface area contributed by atoms with Gasteiger partial charge in [-0.3, -0.25) is 9.59 Å². The number of benzene rings is 2. The number of esters is 1. The molecule has 0 heterocycles.